The van der Waals surface area contributed by atoms with Gasteiger partial charge in [-0.25, -0.2) is 0 Å². The number of rotatable bonds is 4. The summed E-state index contributed by atoms with van der Waals surface area (Å²) in [6.07, 6.45) is 13.6. The van der Waals surface area contributed by atoms with Gasteiger partial charge >= 0.3 is 0 Å². The van der Waals surface area contributed by atoms with E-state index in [4.69, 9.17) is 5.73 Å². The lowest BCUT2D eigenvalue weighted by Gasteiger charge is -2.34. The highest BCUT2D eigenvalue weighted by atomic mass is 15.0. The van der Waals surface area contributed by atoms with E-state index in [-0.39, 0.29) is 0 Å². The number of hydrogen-bond acceptors (Lipinski definition) is 2. The third-order valence-electron chi connectivity index (χ3n) is 4.79. The zero-order valence-electron chi connectivity index (χ0n) is 11.5. The van der Waals surface area contributed by atoms with Gasteiger partial charge in [0.05, 0.1) is 0 Å². The lowest BCUT2D eigenvalue weighted by molar-refractivity contribution is 0.238. The highest BCUT2D eigenvalue weighted by molar-refractivity contribution is 4.84. The first-order valence-corrected chi connectivity index (χ1v) is 7.79. The van der Waals surface area contributed by atoms with Crippen molar-refractivity contribution in [2.45, 2.75) is 89.3 Å². The van der Waals surface area contributed by atoms with Gasteiger partial charge in [-0.15, -0.1) is 0 Å². The van der Waals surface area contributed by atoms with E-state index in [1.165, 1.54) is 64.2 Å². The molecule has 0 unspecified atom stereocenters. The summed E-state index contributed by atoms with van der Waals surface area (Å²) in [5.74, 6) is 1.03. The molecule has 2 aliphatic carbocycles. The van der Waals surface area contributed by atoms with Gasteiger partial charge in [0.25, 0.3) is 0 Å². The summed E-state index contributed by atoms with van der Waals surface area (Å²) in [6.45, 7) is 2.32. The van der Waals surface area contributed by atoms with Crippen LogP contribution in [0.15, 0.2) is 0 Å². The standard InChI is InChI=1S/C15H30N2/c1-2-3-12-4-8-14(9-5-12)17-15-10-6-13(16)7-11-15/h12-15,17H,2-11,16H2,1H3. The van der Waals surface area contributed by atoms with Crippen molar-refractivity contribution in [3.8, 4) is 0 Å². The minimum absolute atomic E-state index is 0.480. The molecule has 2 aliphatic rings. The molecule has 2 fully saturated rings. The van der Waals surface area contributed by atoms with Crippen LogP contribution in [-0.4, -0.2) is 18.1 Å². The molecule has 3 N–H and O–H groups in total. The molecule has 0 bridgehead atoms. The Hall–Kier alpha value is -0.0800. The Labute approximate surface area is 107 Å². The first-order chi connectivity index (χ1) is 8.28. The monoisotopic (exact) mass is 238 g/mol. The molecule has 2 rings (SSSR count). The Morgan fingerprint density at radius 1 is 0.882 bits per heavy atom. The first-order valence-electron chi connectivity index (χ1n) is 7.79. The summed E-state index contributed by atoms with van der Waals surface area (Å²) in [5.41, 5.74) is 5.95. The fraction of sp³-hybridized carbons (Fsp3) is 1.00. The largest absolute Gasteiger partial charge is 0.328 e. The molecule has 0 aromatic rings. The molecule has 0 spiro atoms. The van der Waals surface area contributed by atoms with Crippen LogP contribution in [0.25, 0.3) is 0 Å². The van der Waals surface area contributed by atoms with Crippen LogP contribution in [0.4, 0.5) is 0 Å². The molecular weight excluding hydrogens is 208 g/mol. The summed E-state index contributed by atoms with van der Waals surface area (Å²) < 4.78 is 0. The van der Waals surface area contributed by atoms with Crippen molar-refractivity contribution < 1.29 is 0 Å². The van der Waals surface area contributed by atoms with Crippen LogP contribution in [0.3, 0.4) is 0 Å². The first kappa shape index (κ1) is 13.4. The third kappa shape index (κ3) is 4.26. The fourth-order valence-corrected chi connectivity index (χ4v) is 3.65. The Morgan fingerprint density at radius 2 is 1.41 bits per heavy atom. The lowest BCUT2D eigenvalue weighted by Crippen LogP contribution is -2.44. The van der Waals surface area contributed by atoms with Gasteiger partial charge in [-0.05, 0) is 57.3 Å². The predicted octanol–water partition coefficient (Wildman–Crippen LogP) is 3.20. The minimum Gasteiger partial charge on any atom is -0.328 e. The van der Waals surface area contributed by atoms with Gasteiger partial charge in [-0.1, -0.05) is 19.8 Å². The second kappa shape index (κ2) is 6.75. The third-order valence-corrected chi connectivity index (χ3v) is 4.79. The van der Waals surface area contributed by atoms with E-state index in [2.05, 4.69) is 12.2 Å². The second-order valence-electron chi connectivity index (χ2n) is 6.28. The number of nitrogens with two attached hydrogens (primary N) is 1. The quantitative estimate of drug-likeness (QED) is 0.789. The van der Waals surface area contributed by atoms with Crippen LogP contribution in [0.1, 0.15) is 71.1 Å². The van der Waals surface area contributed by atoms with E-state index >= 15 is 0 Å². The van der Waals surface area contributed by atoms with Crippen LogP contribution < -0.4 is 11.1 Å². The average molecular weight is 238 g/mol. The van der Waals surface area contributed by atoms with Crippen LogP contribution in [0.2, 0.25) is 0 Å². The molecule has 17 heavy (non-hydrogen) atoms. The summed E-state index contributed by atoms with van der Waals surface area (Å²) in [5, 5.41) is 3.89. The molecule has 2 nitrogen and oxygen atoms in total. The van der Waals surface area contributed by atoms with Crippen molar-refractivity contribution >= 4 is 0 Å². The topological polar surface area (TPSA) is 38.0 Å². The van der Waals surface area contributed by atoms with Gasteiger partial charge < -0.3 is 11.1 Å². The normalized spacial score (nSPS) is 39.2. The predicted molar refractivity (Wildman–Crippen MR) is 74.0 cm³/mol. The zero-order chi connectivity index (χ0) is 12.1. The molecule has 100 valence electrons. The van der Waals surface area contributed by atoms with E-state index in [0.717, 1.165) is 18.0 Å². The summed E-state index contributed by atoms with van der Waals surface area (Å²) >= 11 is 0. The van der Waals surface area contributed by atoms with Gasteiger partial charge in [0.1, 0.15) is 0 Å². The van der Waals surface area contributed by atoms with Crippen molar-refractivity contribution in [2.24, 2.45) is 11.7 Å². The van der Waals surface area contributed by atoms with E-state index in [1.54, 1.807) is 0 Å². The molecule has 0 aromatic heterocycles. The van der Waals surface area contributed by atoms with Crippen molar-refractivity contribution in [3.63, 3.8) is 0 Å². The van der Waals surface area contributed by atoms with Gasteiger partial charge in [0.2, 0.25) is 0 Å². The zero-order valence-corrected chi connectivity index (χ0v) is 11.5. The van der Waals surface area contributed by atoms with Gasteiger partial charge in [0, 0.05) is 18.1 Å². The maximum absolute atomic E-state index is 5.95. The molecule has 0 atom stereocenters. The van der Waals surface area contributed by atoms with Crippen LogP contribution in [0.5, 0.6) is 0 Å². The molecule has 2 heteroatoms. The van der Waals surface area contributed by atoms with Gasteiger partial charge in [-0.2, -0.15) is 0 Å². The maximum atomic E-state index is 5.95. The van der Waals surface area contributed by atoms with Crippen LogP contribution >= 0.6 is 0 Å². The minimum atomic E-state index is 0.480. The summed E-state index contributed by atoms with van der Waals surface area (Å²) in [4.78, 5) is 0. The molecular formula is C15H30N2. The molecule has 2 saturated carbocycles. The highest BCUT2D eigenvalue weighted by Crippen LogP contribution is 2.29. The smallest absolute Gasteiger partial charge is 0.00708 e. The number of hydrogen-bond donors (Lipinski definition) is 2. The average Bonchev–Trinajstić information content (AvgIpc) is 2.35. The Bertz CT molecular complexity index is 201. The Kier molecular flexibility index (Phi) is 5.30. The lowest BCUT2D eigenvalue weighted by atomic mass is 9.82. The molecule has 0 aliphatic heterocycles. The molecule has 0 heterocycles. The van der Waals surface area contributed by atoms with Crippen LogP contribution in [0, 0.1) is 5.92 Å². The van der Waals surface area contributed by atoms with Crippen molar-refractivity contribution in [2.75, 3.05) is 0 Å². The molecule has 0 radical (unpaired) electrons. The van der Waals surface area contributed by atoms with Crippen molar-refractivity contribution in [1.29, 1.82) is 0 Å². The summed E-state index contributed by atoms with van der Waals surface area (Å²) in [6, 6.07) is 2.05. The van der Waals surface area contributed by atoms with E-state index in [9.17, 15) is 0 Å². The SMILES string of the molecule is CCCC1CCC(NC2CCC(N)CC2)CC1. The van der Waals surface area contributed by atoms with Gasteiger partial charge in [-0.3, -0.25) is 0 Å². The summed E-state index contributed by atoms with van der Waals surface area (Å²) in [7, 11) is 0. The Morgan fingerprint density at radius 3 is 1.94 bits per heavy atom. The van der Waals surface area contributed by atoms with Gasteiger partial charge in [0.15, 0.2) is 0 Å². The molecule has 0 amide bonds. The fourth-order valence-electron chi connectivity index (χ4n) is 3.65. The molecule has 0 saturated heterocycles. The number of nitrogens with one attached hydrogen (secondary N) is 1. The second-order valence-corrected chi connectivity index (χ2v) is 6.28. The maximum Gasteiger partial charge on any atom is 0.00708 e. The Balaban J connectivity index is 1.64. The molecule has 0 aromatic carbocycles. The van der Waals surface area contributed by atoms with Crippen molar-refractivity contribution in [3.05, 3.63) is 0 Å². The van der Waals surface area contributed by atoms with E-state index < -0.39 is 0 Å². The van der Waals surface area contributed by atoms with Crippen molar-refractivity contribution in [1.82, 2.24) is 5.32 Å². The highest BCUT2D eigenvalue weighted by Gasteiger charge is 2.24. The van der Waals surface area contributed by atoms with Crippen LogP contribution in [-0.2, 0) is 0 Å². The van der Waals surface area contributed by atoms with E-state index in [1.807, 2.05) is 0 Å². The van der Waals surface area contributed by atoms with E-state index in [0.29, 0.717) is 6.04 Å².